The Kier molecular flexibility index (Phi) is 4.98. The van der Waals surface area contributed by atoms with E-state index >= 15 is 0 Å². The Morgan fingerprint density at radius 3 is 2.52 bits per heavy atom. The van der Waals surface area contributed by atoms with Gasteiger partial charge in [-0.25, -0.2) is 4.39 Å². The lowest BCUT2D eigenvalue weighted by molar-refractivity contribution is 0.112. The first kappa shape index (κ1) is 19.0. The zero-order valence-electron chi connectivity index (χ0n) is 16.5. The SMILES string of the molecule is CC(C)c1nc2c(c(-c3ccc(F)cc3)c1C=O)Cc1cc(C#N)ccc1CC2. The van der Waals surface area contributed by atoms with Crippen molar-refractivity contribution in [2.75, 3.05) is 0 Å². The first-order chi connectivity index (χ1) is 14.0. The van der Waals surface area contributed by atoms with E-state index < -0.39 is 0 Å². The monoisotopic (exact) mass is 384 g/mol. The van der Waals surface area contributed by atoms with Gasteiger partial charge in [0.15, 0.2) is 6.29 Å². The van der Waals surface area contributed by atoms with E-state index in [1.807, 2.05) is 32.0 Å². The first-order valence-corrected chi connectivity index (χ1v) is 9.80. The summed E-state index contributed by atoms with van der Waals surface area (Å²) in [5, 5.41) is 9.30. The van der Waals surface area contributed by atoms with Gasteiger partial charge in [-0.2, -0.15) is 5.26 Å². The zero-order chi connectivity index (χ0) is 20.5. The second kappa shape index (κ2) is 7.60. The molecule has 1 aromatic heterocycles. The molecule has 0 radical (unpaired) electrons. The summed E-state index contributed by atoms with van der Waals surface area (Å²) in [5.41, 5.74) is 7.89. The van der Waals surface area contributed by atoms with Crippen molar-refractivity contribution in [2.45, 2.75) is 39.0 Å². The van der Waals surface area contributed by atoms with Gasteiger partial charge in [0.25, 0.3) is 0 Å². The van der Waals surface area contributed by atoms with Crippen LogP contribution in [0.1, 0.15) is 63.8 Å². The predicted octanol–water partition coefficient (Wildman–Crippen LogP) is 5.38. The number of hydrogen-bond acceptors (Lipinski definition) is 3. The van der Waals surface area contributed by atoms with Crippen LogP contribution < -0.4 is 0 Å². The quantitative estimate of drug-likeness (QED) is 0.569. The van der Waals surface area contributed by atoms with Crippen LogP contribution in [0.15, 0.2) is 42.5 Å². The number of halogens is 1. The van der Waals surface area contributed by atoms with Crippen molar-refractivity contribution >= 4 is 6.29 Å². The van der Waals surface area contributed by atoms with E-state index in [1.54, 1.807) is 12.1 Å². The average Bonchev–Trinajstić information content (AvgIpc) is 2.91. The van der Waals surface area contributed by atoms with Gasteiger partial charge in [0.1, 0.15) is 5.82 Å². The summed E-state index contributed by atoms with van der Waals surface area (Å²) in [6.07, 6.45) is 3.07. The number of nitrogens with zero attached hydrogens (tertiary/aromatic N) is 2. The molecule has 1 aliphatic rings. The highest BCUT2D eigenvalue weighted by Gasteiger charge is 2.25. The summed E-state index contributed by atoms with van der Waals surface area (Å²) < 4.78 is 13.6. The Bertz CT molecular complexity index is 1140. The van der Waals surface area contributed by atoms with Gasteiger partial charge in [-0.05, 0) is 70.8 Å². The molecule has 3 aromatic rings. The van der Waals surface area contributed by atoms with Crippen molar-refractivity contribution in [3.63, 3.8) is 0 Å². The number of benzene rings is 2. The fourth-order valence-corrected chi connectivity index (χ4v) is 4.16. The van der Waals surface area contributed by atoms with Crippen molar-refractivity contribution in [1.82, 2.24) is 4.98 Å². The molecule has 1 heterocycles. The molecule has 4 heteroatoms. The minimum atomic E-state index is -0.311. The molecule has 0 saturated carbocycles. The second-order valence-corrected chi connectivity index (χ2v) is 7.76. The minimum absolute atomic E-state index is 0.0931. The van der Waals surface area contributed by atoms with E-state index in [0.717, 1.165) is 52.8 Å². The number of fused-ring (bicyclic) bond motifs is 2. The van der Waals surface area contributed by atoms with Crippen LogP contribution in [-0.2, 0) is 19.3 Å². The maximum Gasteiger partial charge on any atom is 0.152 e. The number of carbonyl (C=O) groups excluding carboxylic acids is 1. The number of rotatable bonds is 3. The standard InChI is InChI=1S/C25H21FN2O/c1-15(2)25-22(14-29)24(18-5-8-20(26)9-6-18)21-12-19-11-16(13-27)3-4-17(19)7-10-23(21)28-25/h3-6,8-9,11,14-15H,7,10,12H2,1-2H3. The molecular weight excluding hydrogens is 363 g/mol. The van der Waals surface area contributed by atoms with E-state index in [9.17, 15) is 14.4 Å². The van der Waals surface area contributed by atoms with Crippen molar-refractivity contribution in [1.29, 1.82) is 5.26 Å². The number of carbonyl (C=O) groups is 1. The lowest BCUT2D eigenvalue weighted by Crippen LogP contribution is -2.10. The van der Waals surface area contributed by atoms with Crippen LogP contribution in [0.4, 0.5) is 4.39 Å². The van der Waals surface area contributed by atoms with Crippen LogP contribution in [0.5, 0.6) is 0 Å². The smallest absolute Gasteiger partial charge is 0.152 e. The fraction of sp³-hybridized carbons (Fsp3) is 0.240. The van der Waals surface area contributed by atoms with Gasteiger partial charge in [-0.15, -0.1) is 0 Å². The summed E-state index contributed by atoms with van der Waals surface area (Å²) >= 11 is 0. The van der Waals surface area contributed by atoms with Crippen LogP contribution in [-0.4, -0.2) is 11.3 Å². The molecule has 0 atom stereocenters. The van der Waals surface area contributed by atoms with Gasteiger partial charge >= 0.3 is 0 Å². The van der Waals surface area contributed by atoms with Crippen molar-refractivity contribution in [2.24, 2.45) is 0 Å². The van der Waals surface area contributed by atoms with Crippen molar-refractivity contribution < 1.29 is 9.18 Å². The molecule has 0 saturated heterocycles. The van der Waals surface area contributed by atoms with Gasteiger partial charge < -0.3 is 0 Å². The molecule has 0 N–H and O–H groups in total. The highest BCUT2D eigenvalue weighted by Crippen LogP contribution is 2.37. The van der Waals surface area contributed by atoms with Gasteiger partial charge in [0.2, 0.25) is 0 Å². The molecule has 144 valence electrons. The van der Waals surface area contributed by atoms with Gasteiger partial charge in [0.05, 0.1) is 17.3 Å². The van der Waals surface area contributed by atoms with E-state index in [0.29, 0.717) is 17.5 Å². The van der Waals surface area contributed by atoms with Crippen LogP contribution in [0, 0.1) is 17.1 Å². The molecule has 3 nitrogen and oxygen atoms in total. The molecule has 0 amide bonds. The number of aromatic nitrogens is 1. The molecule has 0 aliphatic heterocycles. The van der Waals surface area contributed by atoms with Crippen molar-refractivity contribution in [3.05, 3.63) is 87.5 Å². The molecular formula is C25H21FN2O. The Morgan fingerprint density at radius 2 is 1.86 bits per heavy atom. The summed E-state index contributed by atoms with van der Waals surface area (Å²) in [4.78, 5) is 17.1. The number of nitriles is 1. The third kappa shape index (κ3) is 3.45. The maximum absolute atomic E-state index is 13.6. The topological polar surface area (TPSA) is 53.8 Å². The van der Waals surface area contributed by atoms with E-state index in [4.69, 9.17) is 4.98 Å². The summed E-state index contributed by atoms with van der Waals surface area (Å²) in [7, 11) is 0. The van der Waals surface area contributed by atoms with Gasteiger partial charge in [-0.1, -0.05) is 32.0 Å². The molecule has 0 spiro atoms. The average molecular weight is 384 g/mol. The summed E-state index contributed by atoms with van der Waals surface area (Å²) in [5.74, 6) is -0.217. The molecule has 1 aliphatic carbocycles. The highest BCUT2D eigenvalue weighted by molar-refractivity contribution is 5.91. The van der Waals surface area contributed by atoms with Crippen LogP contribution in [0.2, 0.25) is 0 Å². The Morgan fingerprint density at radius 1 is 1.10 bits per heavy atom. The van der Waals surface area contributed by atoms with Crippen LogP contribution >= 0.6 is 0 Å². The van der Waals surface area contributed by atoms with Gasteiger partial charge in [0, 0.05) is 17.7 Å². The molecule has 2 aromatic carbocycles. The molecule has 0 unspecified atom stereocenters. The predicted molar refractivity (Wildman–Crippen MR) is 110 cm³/mol. The third-order valence-electron chi connectivity index (χ3n) is 5.58. The number of pyridine rings is 1. The normalized spacial score (nSPS) is 12.7. The maximum atomic E-state index is 13.6. The first-order valence-electron chi connectivity index (χ1n) is 9.80. The Labute approximate surface area is 169 Å². The summed E-state index contributed by atoms with van der Waals surface area (Å²) in [6, 6.07) is 14.3. The van der Waals surface area contributed by atoms with E-state index in [-0.39, 0.29) is 11.7 Å². The van der Waals surface area contributed by atoms with Crippen molar-refractivity contribution in [3.8, 4) is 17.2 Å². The third-order valence-corrected chi connectivity index (χ3v) is 5.58. The number of aldehydes is 1. The highest BCUT2D eigenvalue weighted by atomic mass is 19.1. The Hall–Kier alpha value is -3.32. The van der Waals surface area contributed by atoms with Crippen LogP contribution in [0.25, 0.3) is 11.1 Å². The molecule has 0 bridgehead atoms. The van der Waals surface area contributed by atoms with Crippen LogP contribution in [0.3, 0.4) is 0 Å². The van der Waals surface area contributed by atoms with Gasteiger partial charge in [-0.3, -0.25) is 9.78 Å². The lowest BCUT2D eigenvalue weighted by Gasteiger charge is -2.20. The fourth-order valence-electron chi connectivity index (χ4n) is 4.16. The number of aryl methyl sites for hydroxylation is 2. The zero-order valence-corrected chi connectivity index (χ0v) is 16.5. The largest absolute Gasteiger partial charge is 0.298 e. The molecule has 0 fully saturated rings. The molecule has 4 rings (SSSR count). The summed E-state index contributed by atoms with van der Waals surface area (Å²) in [6.45, 7) is 4.06. The minimum Gasteiger partial charge on any atom is -0.298 e. The lowest BCUT2D eigenvalue weighted by atomic mass is 9.87. The molecule has 29 heavy (non-hydrogen) atoms. The van der Waals surface area contributed by atoms with E-state index in [2.05, 4.69) is 6.07 Å². The Balaban J connectivity index is 2.01. The number of hydrogen-bond donors (Lipinski definition) is 0. The van der Waals surface area contributed by atoms with E-state index in [1.165, 1.54) is 17.7 Å². The second-order valence-electron chi connectivity index (χ2n) is 7.76.